The summed E-state index contributed by atoms with van der Waals surface area (Å²) in [7, 11) is 0. The van der Waals surface area contributed by atoms with Gasteiger partial charge in [-0.05, 0) is 24.3 Å². The first kappa shape index (κ1) is 21.3. The van der Waals surface area contributed by atoms with Gasteiger partial charge in [0.25, 0.3) is 0 Å². The number of carbonyl (C=O) groups excluding carboxylic acids is 1. The maximum atomic E-state index is 11.8. The average Bonchev–Trinajstić information content (AvgIpc) is 3.26. The molecule has 33 heavy (non-hydrogen) atoms. The molecule has 7 nitrogen and oxygen atoms in total. The first-order chi connectivity index (χ1) is 16.1. The van der Waals surface area contributed by atoms with Crippen molar-refractivity contribution >= 4 is 34.4 Å². The van der Waals surface area contributed by atoms with Crippen molar-refractivity contribution in [3.8, 4) is 17.1 Å². The lowest BCUT2D eigenvalue weighted by Crippen LogP contribution is -2.48. The molecule has 0 saturated carbocycles. The lowest BCUT2D eigenvalue weighted by Gasteiger charge is -2.35. The Labute approximate surface area is 197 Å². The van der Waals surface area contributed by atoms with Crippen molar-refractivity contribution in [1.29, 1.82) is 0 Å². The quantitative estimate of drug-likeness (QED) is 0.472. The van der Waals surface area contributed by atoms with Gasteiger partial charge in [-0.3, -0.25) is 4.79 Å². The van der Waals surface area contributed by atoms with E-state index >= 15 is 0 Å². The summed E-state index contributed by atoms with van der Waals surface area (Å²) in [5, 5.41) is 1.57. The molecule has 1 saturated heterocycles. The van der Waals surface area contributed by atoms with Crippen LogP contribution in [0.3, 0.4) is 0 Å². The molecule has 4 aromatic rings. The van der Waals surface area contributed by atoms with Crippen LogP contribution in [-0.2, 0) is 11.4 Å². The molecule has 1 amide bonds. The third kappa shape index (κ3) is 4.64. The summed E-state index contributed by atoms with van der Waals surface area (Å²) in [6.45, 7) is 4.77. The molecule has 3 heterocycles. The molecule has 1 N–H and O–H groups in total. The minimum Gasteiger partial charge on any atom is -0.487 e. The van der Waals surface area contributed by atoms with E-state index in [1.54, 1.807) is 13.0 Å². The van der Waals surface area contributed by atoms with E-state index < -0.39 is 0 Å². The molecule has 168 valence electrons. The molecule has 5 rings (SSSR count). The van der Waals surface area contributed by atoms with Gasteiger partial charge in [0.1, 0.15) is 23.8 Å². The average molecular weight is 462 g/mol. The van der Waals surface area contributed by atoms with Crippen LogP contribution in [0.1, 0.15) is 12.6 Å². The van der Waals surface area contributed by atoms with Gasteiger partial charge >= 0.3 is 0 Å². The summed E-state index contributed by atoms with van der Waals surface area (Å²) in [6, 6.07) is 19.3. The largest absolute Gasteiger partial charge is 0.487 e. The van der Waals surface area contributed by atoms with Crippen LogP contribution < -0.4 is 9.64 Å². The van der Waals surface area contributed by atoms with Crippen LogP contribution in [0.4, 0.5) is 5.82 Å². The summed E-state index contributed by atoms with van der Waals surface area (Å²) in [5.41, 5.74) is 2.61. The lowest BCUT2D eigenvalue weighted by atomic mass is 10.2. The van der Waals surface area contributed by atoms with Gasteiger partial charge in [-0.25, -0.2) is 9.97 Å². The molecule has 0 aliphatic carbocycles. The summed E-state index contributed by atoms with van der Waals surface area (Å²) in [6.07, 6.45) is 0. The number of aromatic nitrogens is 3. The number of nitrogens with one attached hydrogen (secondary N) is 1. The first-order valence-corrected chi connectivity index (χ1v) is 11.3. The Bertz CT molecular complexity index is 1280. The summed E-state index contributed by atoms with van der Waals surface area (Å²) >= 11 is 6.07. The van der Waals surface area contributed by atoms with Gasteiger partial charge in [-0.2, -0.15) is 0 Å². The Morgan fingerprint density at radius 1 is 1.03 bits per heavy atom. The van der Waals surface area contributed by atoms with Crippen molar-refractivity contribution < 1.29 is 9.53 Å². The van der Waals surface area contributed by atoms with Crippen LogP contribution >= 0.6 is 11.6 Å². The van der Waals surface area contributed by atoms with Crippen LogP contribution in [0.15, 0.2) is 60.7 Å². The SMILES string of the molecule is CC(=O)N1CCN(c2nc(-c3ccccc3)nc3[nH]c(COc4cccc(Cl)c4)cc23)CC1. The fraction of sp³-hybridized carbons (Fsp3) is 0.240. The smallest absolute Gasteiger partial charge is 0.219 e. The number of halogens is 1. The number of fused-ring (bicyclic) bond motifs is 1. The number of amides is 1. The molecule has 1 fully saturated rings. The minimum atomic E-state index is 0.106. The third-order valence-electron chi connectivity index (χ3n) is 5.77. The molecule has 8 heteroatoms. The topological polar surface area (TPSA) is 74.4 Å². The van der Waals surface area contributed by atoms with Crippen molar-refractivity contribution in [3.63, 3.8) is 0 Å². The monoisotopic (exact) mass is 461 g/mol. The highest BCUT2D eigenvalue weighted by molar-refractivity contribution is 6.30. The second-order valence-corrected chi connectivity index (χ2v) is 8.47. The van der Waals surface area contributed by atoms with Gasteiger partial charge in [0.05, 0.1) is 11.1 Å². The zero-order valence-corrected chi connectivity index (χ0v) is 19.0. The van der Waals surface area contributed by atoms with E-state index in [2.05, 4.69) is 9.88 Å². The van der Waals surface area contributed by atoms with Gasteiger partial charge in [0, 0.05) is 43.7 Å². The summed E-state index contributed by atoms with van der Waals surface area (Å²) in [4.78, 5) is 29.0. The number of rotatable bonds is 5. The minimum absolute atomic E-state index is 0.106. The number of aromatic amines is 1. The highest BCUT2D eigenvalue weighted by Crippen LogP contribution is 2.29. The predicted molar refractivity (Wildman–Crippen MR) is 130 cm³/mol. The van der Waals surface area contributed by atoms with E-state index in [1.807, 2.05) is 59.5 Å². The zero-order valence-electron chi connectivity index (χ0n) is 18.3. The van der Waals surface area contributed by atoms with Crippen molar-refractivity contribution in [1.82, 2.24) is 19.9 Å². The number of benzene rings is 2. The van der Waals surface area contributed by atoms with Gasteiger partial charge in [-0.1, -0.05) is 48.0 Å². The Kier molecular flexibility index (Phi) is 5.88. The molecule has 0 unspecified atom stereocenters. The summed E-state index contributed by atoms with van der Waals surface area (Å²) in [5.74, 6) is 2.34. The zero-order chi connectivity index (χ0) is 22.8. The Hall–Kier alpha value is -3.58. The van der Waals surface area contributed by atoms with E-state index in [9.17, 15) is 4.79 Å². The number of ether oxygens (including phenoxy) is 1. The third-order valence-corrected chi connectivity index (χ3v) is 6.01. The van der Waals surface area contributed by atoms with E-state index in [0.29, 0.717) is 36.3 Å². The number of carbonyl (C=O) groups is 1. The number of anilines is 1. The van der Waals surface area contributed by atoms with Crippen LogP contribution in [0, 0.1) is 0 Å². The van der Waals surface area contributed by atoms with E-state index in [-0.39, 0.29) is 5.91 Å². The Morgan fingerprint density at radius 3 is 2.55 bits per heavy atom. The first-order valence-electron chi connectivity index (χ1n) is 10.9. The van der Waals surface area contributed by atoms with Crippen molar-refractivity contribution in [2.75, 3.05) is 31.1 Å². The van der Waals surface area contributed by atoms with Crippen LogP contribution in [0.25, 0.3) is 22.4 Å². The number of H-pyrrole nitrogens is 1. The number of hydrogen-bond donors (Lipinski definition) is 1. The molecular formula is C25H24ClN5O2. The molecule has 2 aromatic carbocycles. The number of piperazine rings is 1. The van der Waals surface area contributed by atoms with Crippen LogP contribution in [-0.4, -0.2) is 51.9 Å². The van der Waals surface area contributed by atoms with E-state index in [4.69, 9.17) is 26.3 Å². The molecule has 1 aliphatic rings. The molecule has 0 atom stereocenters. The standard InChI is InChI=1S/C25H24ClN5O2/c1-17(32)30-10-12-31(13-11-30)25-22-15-20(16-33-21-9-5-8-19(26)14-21)27-24(22)28-23(29-25)18-6-3-2-4-7-18/h2-9,14-15H,10-13,16H2,1H3,(H,27,28,29). The maximum absolute atomic E-state index is 11.8. The van der Waals surface area contributed by atoms with Gasteiger partial charge in [0.2, 0.25) is 5.91 Å². The molecule has 0 spiro atoms. The van der Waals surface area contributed by atoms with Gasteiger partial charge < -0.3 is 19.5 Å². The molecule has 0 radical (unpaired) electrons. The summed E-state index contributed by atoms with van der Waals surface area (Å²) < 4.78 is 5.92. The Balaban J connectivity index is 1.48. The fourth-order valence-corrected chi connectivity index (χ4v) is 4.21. The predicted octanol–water partition coefficient (Wildman–Crippen LogP) is 4.53. The second-order valence-electron chi connectivity index (χ2n) is 8.03. The molecule has 0 bridgehead atoms. The normalized spacial score (nSPS) is 14.0. The highest BCUT2D eigenvalue weighted by atomic mass is 35.5. The molecular weight excluding hydrogens is 438 g/mol. The second kappa shape index (κ2) is 9.11. The van der Waals surface area contributed by atoms with Crippen molar-refractivity contribution in [2.45, 2.75) is 13.5 Å². The van der Waals surface area contributed by atoms with Crippen LogP contribution in [0.5, 0.6) is 5.75 Å². The maximum Gasteiger partial charge on any atom is 0.219 e. The molecule has 2 aromatic heterocycles. The number of hydrogen-bond acceptors (Lipinski definition) is 5. The van der Waals surface area contributed by atoms with Crippen molar-refractivity contribution in [2.24, 2.45) is 0 Å². The van der Waals surface area contributed by atoms with Crippen molar-refractivity contribution in [3.05, 3.63) is 71.4 Å². The van der Waals surface area contributed by atoms with Gasteiger partial charge in [0.15, 0.2) is 5.82 Å². The molecule has 1 aliphatic heterocycles. The highest BCUT2D eigenvalue weighted by Gasteiger charge is 2.23. The van der Waals surface area contributed by atoms with Gasteiger partial charge in [-0.15, -0.1) is 0 Å². The van der Waals surface area contributed by atoms with E-state index in [0.717, 1.165) is 41.2 Å². The van der Waals surface area contributed by atoms with Crippen LogP contribution in [0.2, 0.25) is 5.02 Å². The lowest BCUT2D eigenvalue weighted by molar-refractivity contribution is -0.129. The van der Waals surface area contributed by atoms with E-state index in [1.165, 1.54) is 0 Å². The Morgan fingerprint density at radius 2 is 1.82 bits per heavy atom. The number of nitrogens with zero attached hydrogens (tertiary/aromatic N) is 4. The fourth-order valence-electron chi connectivity index (χ4n) is 4.03.